The Morgan fingerprint density at radius 2 is 2.42 bits per heavy atom. The molecule has 1 fully saturated rings. The molecule has 0 bridgehead atoms. The number of amides is 1. The Balaban J connectivity index is 2.00. The summed E-state index contributed by atoms with van der Waals surface area (Å²) in [6.45, 7) is 2.56. The number of pyridine rings is 1. The molecule has 3 heterocycles. The molecule has 1 unspecified atom stereocenters. The first-order valence-corrected chi connectivity index (χ1v) is 6.61. The normalized spacial score (nSPS) is 21.4. The number of carbonyl (C=O) groups is 1. The highest BCUT2D eigenvalue weighted by Gasteiger charge is 2.31. The number of hydrogen-bond donors (Lipinski definition) is 3. The summed E-state index contributed by atoms with van der Waals surface area (Å²) in [4.78, 5) is 21.2. The van der Waals surface area contributed by atoms with Crippen LogP contribution in [0.1, 0.15) is 12.5 Å². The van der Waals surface area contributed by atoms with Crippen molar-refractivity contribution < 1.29 is 4.79 Å². The van der Waals surface area contributed by atoms with Crippen LogP contribution in [-0.2, 0) is 4.79 Å². The Labute approximate surface area is 116 Å². The van der Waals surface area contributed by atoms with Crippen LogP contribution in [0.3, 0.4) is 0 Å². The molecule has 0 aromatic carbocycles. The third kappa shape index (κ3) is 1.98. The Morgan fingerprint density at radius 3 is 3.16 bits per heavy atom. The molecule has 19 heavy (non-hydrogen) atoms. The molecule has 0 aliphatic carbocycles. The van der Waals surface area contributed by atoms with Gasteiger partial charge < -0.3 is 15.2 Å². The largest absolute Gasteiger partial charge is 0.359 e. The minimum Gasteiger partial charge on any atom is -0.359 e. The number of likely N-dealkylation sites (N-methyl/N-ethyl adjacent to an activating group) is 1. The number of aromatic nitrogens is 2. The van der Waals surface area contributed by atoms with Gasteiger partial charge in [0.2, 0.25) is 0 Å². The predicted molar refractivity (Wildman–Crippen MR) is 77.4 cm³/mol. The van der Waals surface area contributed by atoms with E-state index in [9.17, 15) is 4.79 Å². The summed E-state index contributed by atoms with van der Waals surface area (Å²) in [6, 6.07) is 3.82. The third-order valence-corrected chi connectivity index (χ3v) is 3.58. The molecule has 2 N–H and O–H groups in total. The summed E-state index contributed by atoms with van der Waals surface area (Å²) in [7, 11) is 0. The van der Waals surface area contributed by atoms with Gasteiger partial charge in [0, 0.05) is 24.5 Å². The fourth-order valence-corrected chi connectivity index (χ4v) is 2.61. The molecule has 2 aromatic rings. The molecular formula is C13H14N4OS. The third-order valence-electron chi connectivity index (χ3n) is 3.18. The van der Waals surface area contributed by atoms with Crippen LogP contribution in [0.15, 0.2) is 30.2 Å². The molecule has 98 valence electrons. The number of rotatable bonds is 2. The minimum absolute atomic E-state index is 0.0345. The monoisotopic (exact) mass is 274 g/mol. The van der Waals surface area contributed by atoms with Crippen molar-refractivity contribution in [2.75, 3.05) is 6.54 Å². The van der Waals surface area contributed by atoms with Crippen molar-refractivity contribution in [1.29, 1.82) is 0 Å². The topological polar surface area (TPSA) is 61.0 Å². The van der Waals surface area contributed by atoms with Crippen LogP contribution in [0.4, 0.5) is 0 Å². The lowest BCUT2D eigenvalue weighted by atomic mass is 10.2. The van der Waals surface area contributed by atoms with Gasteiger partial charge in [0.05, 0.1) is 11.0 Å². The van der Waals surface area contributed by atoms with Gasteiger partial charge in [-0.3, -0.25) is 9.78 Å². The summed E-state index contributed by atoms with van der Waals surface area (Å²) in [6.07, 6.45) is 5.40. The molecule has 3 rings (SSSR count). The van der Waals surface area contributed by atoms with E-state index in [1.54, 1.807) is 11.1 Å². The zero-order valence-electron chi connectivity index (χ0n) is 10.4. The van der Waals surface area contributed by atoms with Crippen LogP contribution < -0.4 is 5.32 Å². The number of thiol groups is 1. The van der Waals surface area contributed by atoms with Crippen molar-refractivity contribution in [2.45, 2.75) is 12.4 Å². The molecule has 1 amide bonds. The van der Waals surface area contributed by atoms with Crippen molar-refractivity contribution >= 4 is 35.6 Å². The number of H-pyrrole nitrogens is 1. The second-order valence-electron chi connectivity index (χ2n) is 4.31. The number of aromatic amines is 1. The van der Waals surface area contributed by atoms with Gasteiger partial charge >= 0.3 is 0 Å². The fraction of sp³-hybridized carbons (Fsp3) is 0.231. The molecule has 2 aromatic heterocycles. The molecule has 1 saturated heterocycles. The molecule has 0 spiro atoms. The smallest absolute Gasteiger partial charge is 0.272 e. The summed E-state index contributed by atoms with van der Waals surface area (Å²) in [5.41, 5.74) is 2.99. The Hall–Kier alpha value is -1.95. The SMILES string of the molecule is CCN1C(=O)/C(=C/c2c[nH]c3cccnc23)NC1S. The molecule has 6 heteroatoms. The molecule has 1 atom stereocenters. The van der Waals surface area contributed by atoms with Gasteiger partial charge in [-0.1, -0.05) is 0 Å². The van der Waals surface area contributed by atoms with Crippen molar-refractivity contribution in [3.8, 4) is 0 Å². The predicted octanol–water partition coefficient (Wildman–Crippen LogP) is 1.57. The van der Waals surface area contributed by atoms with Gasteiger partial charge in [0.1, 0.15) is 11.2 Å². The zero-order valence-corrected chi connectivity index (χ0v) is 11.3. The maximum Gasteiger partial charge on any atom is 0.272 e. The van der Waals surface area contributed by atoms with E-state index in [-0.39, 0.29) is 11.4 Å². The molecule has 1 aliphatic heterocycles. The van der Waals surface area contributed by atoms with Crippen LogP contribution in [0.5, 0.6) is 0 Å². The van der Waals surface area contributed by atoms with E-state index in [1.807, 2.05) is 31.3 Å². The molecule has 1 aliphatic rings. The first-order chi connectivity index (χ1) is 9.20. The van der Waals surface area contributed by atoms with E-state index < -0.39 is 0 Å². The first kappa shape index (κ1) is 12.1. The average molecular weight is 274 g/mol. The van der Waals surface area contributed by atoms with Crippen LogP contribution >= 0.6 is 12.6 Å². The summed E-state index contributed by atoms with van der Waals surface area (Å²) in [5, 5.41) is 3.07. The summed E-state index contributed by atoms with van der Waals surface area (Å²) < 4.78 is 0. The summed E-state index contributed by atoms with van der Waals surface area (Å²) in [5.74, 6) is -0.0345. The van der Waals surface area contributed by atoms with Crippen molar-refractivity contribution in [3.63, 3.8) is 0 Å². The minimum atomic E-state index is -0.262. The van der Waals surface area contributed by atoms with Crippen molar-refractivity contribution in [1.82, 2.24) is 20.2 Å². The molecule has 5 nitrogen and oxygen atoms in total. The number of hydrogen-bond acceptors (Lipinski definition) is 4. The lowest BCUT2D eigenvalue weighted by Crippen LogP contribution is -2.32. The molecule has 0 radical (unpaired) electrons. The zero-order chi connectivity index (χ0) is 13.4. The van der Waals surface area contributed by atoms with Crippen molar-refractivity contribution in [2.24, 2.45) is 0 Å². The maximum atomic E-state index is 12.1. The highest BCUT2D eigenvalue weighted by Crippen LogP contribution is 2.22. The van der Waals surface area contributed by atoms with Gasteiger partial charge in [-0.2, -0.15) is 0 Å². The van der Waals surface area contributed by atoms with Crippen molar-refractivity contribution in [3.05, 3.63) is 35.8 Å². The van der Waals surface area contributed by atoms with Crippen LogP contribution in [-0.4, -0.2) is 32.8 Å². The molecule has 0 saturated carbocycles. The Morgan fingerprint density at radius 1 is 1.58 bits per heavy atom. The van der Waals surface area contributed by atoms with Crippen LogP contribution in [0.2, 0.25) is 0 Å². The van der Waals surface area contributed by atoms with Crippen LogP contribution in [0, 0.1) is 0 Å². The Kier molecular flexibility index (Phi) is 2.94. The molecular weight excluding hydrogens is 260 g/mol. The Bertz CT molecular complexity index is 663. The first-order valence-electron chi connectivity index (χ1n) is 6.10. The summed E-state index contributed by atoms with van der Waals surface area (Å²) >= 11 is 4.34. The van der Waals surface area contributed by atoms with E-state index in [4.69, 9.17) is 0 Å². The lowest BCUT2D eigenvalue weighted by molar-refractivity contribution is -0.124. The lowest BCUT2D eigenvalue weighted by Gasteiger charge is -2.15. The van der Waals surface area contributed by atoms with E-state index in [0.717, 1.165) is 16.6 Å². The van der Waals surface area contributed by atoms with E-state index >= 15 is 0 Å². The second-order valence-corrected chi connectivity index (χ2v) is 4.80. The highest BCUT2D eigenvalue weighted by atomic mass is 32.1. The van der Waals surface area contributed by atoms with E-state index in [2.05, 4.69) is 27.9 Å². The number of fused-ring (bicyclic) bond motifs is 1. The van der Waals surface area contributed by atoms with Gasteiger partial charge in [0.15, 0.2) is 0 Å². The standard InChI is InChI=1S/C13H14N4OS/c1-2-17-12(18)10(16-13(17)19)6-8-7-15-9-4-3-5-14-11(8)9/h3-7,13,15-16,19H,2H2,1H3/b10-6-. The maximum absolute atomic E-state index is 12.1. The number of nitrogens with one attached hydrogen (secondary N) is 2. The number of nitrogens with zero attached hydrogens (tertiary/aromatic N) is 2. The van der Waals surface area contributed by atoms with E-state index in [0.29, 0.717) is 12.2 Å². The average Bonchev–Trinajstić information content (AvgIpc) is 2.93. The quantitative estimate of drug-likeness (QED) is 0.575. The van der Waals surface area contributed by atoms with Crippen LogP contribution in [0.25, 0.3) is 17.1 Å². The van der Waals surface area contributed by atoms with Gasteiger partial charge in [-0.05, 0) is 25.1 Å². The van der Waals surface area contributed by atoms with Gasteiger partial charge in [-0.15, -0.1) is 12.6 Å². The van der Waals surface area contributed by atoms with Gasteiger partial charge in [-0.25, -0.2) is 0 Å². The highest BCUT2D eigenvalue weighted by molar-refractivity contribution is 7.80. The second kappa shape index (κ2) is 4.62. The fourth-order valence-electron chi connectivity index (χ4n) is 2.21. The van der Waals surface area contributed by atoms with E-state index in [1.165, 1.54) is 0 Å². The van der Waals surface area contributed by atoms with Gasteiger partial charge in [0.25, 0.3) is 5.91 Å². The number of carbonyl (C=O) groups excluding carboxylic acids is 1.